The molecule has 4 aromatic carbocycles. The van der Waals surface area contributed by atoms with Gasteiger partial charge in [0.25, 0.3) is 0 Å². The summed E-state index contributed by atoms with van der Waals surface area (Å²) in [4.78, 5) is 19.0. The molecule has 5 heterocycles. The van der Waals surface area contributed by atoms with Gasteiger partial charge in [0, 0.05) is 66.6 Å². The van der Waals surface area contributed by atoms with E-state index >= 15 is 0 Å². The van der Waals surface area contributed by atoms with Gasteiger partial charge in [0.1, 0.15) is 23.0 Å². The van der Waals surface area contributed by atoms with Crippen molar-refractivity contribution in [3.63, 3.8) is 0 Å². The summed E-state index contributed by atoms with van der Waals surface area (Å²) in [5.41, 5.74) is 14.4. The van der Waals surface area contributed by atoms with Crippen LogP contribution in [0, 0.1) is 0 Å². The summed E-state index contributed by atoms with van der Waals surface area (Å²) in [6, 6.07) is 41.8. The minimum Gasteiger partial charge on any atom is -0.493 e. The second kappa shape index (κ2) is 22.0. The van der Waals surface area contributed by atoms with Crippen LogP contribution < -0.4 is 18.9 Å². The molecule has 7 aromatic rings. The Hall–Kier alpha value is -7.32. The first-order valence-electron chi connectivity index (χ1n) is 24.6. The van der Waals surface area contributed by atoms with Gasteiger partial charge in [-0.3, -0.25) is 0 Å². The summed E-state index contributed by atoms with van der Waals surface area (Å²) in [6.45, 7) is 11.2. The van der Waals surface area contributed by atoms with E-state index in [0.29, 0.717) is 26.4 Å². The summed E-state index contributed by atoms with van der Waals surface area (Å²) in [7, 11) is 0. The standard InChI is InChI=1S/C60H62N4O4/c1-5-9-37-65-53-25-17-13-21-41(53)57-45-29-31-47(61-45)58(42-22-14-18-26-54(42)66-38-10-6-2)49-33-35-51(63-49)60(44-24-16-20-28-56(44)68-40-12-8-4)52-36-34-50(64-52)59(48-32-30-46(57)62-48)43-23-15-19-27-55(43)67-39-11-7-3/h13-36,61,64H,5-12,37-40H2,1-4H3. The molecule has 0 amide bonds. The van der Waals surface area contributed by atoms with Crippen LogP contribution in [0.3, 0.4) is 0 Å². The van der Waals surface area contributed by atoms with Gasteiger partial charge in [-0.1, -0.05) is 126 Å². The third kappa shape index (κ3) is 9.86. The topological polar surface area (TPSA) is 94.3 Å². The van der Waals surface area contributed by atoms with Crippen LogP contribution in [0.25, 0.3) is 90.9 Å². The highest BCUT2D eigenvalue weighted by atomic mass is 16.5. The molecule has 0 aliphatic carbocycles. The number of aromatic nitrogens is 4. The number of benzene rings is 4. The van der Waals surface area contributed by atoms with Crippen LogP contribution >= 0.6 is 0 Å². The summed E-state index contributed by atoms with van der Waals surface area (Å²) in [5, 5.41) is 0. The van der Waals surface area contributed by atoms with Crippen LogP contribution in [0.4, 0.5) is 0 Å². The van der Waals surface area contributed by atoms with Crippen molar-refractivity contribution in [2.45, 2.75) is 79.1 Å². The number of fused-ring (bicyclic) bond motifs is 8. The summed E-state index contributed by atoms with van der Waals surface area (Å²) in [6.07, 6.45) is 16.5. The molecule has 346 valence electrons. The molecular weight excluding hydrogens is 841 g/mol. The zero-order chi connectivity index (χ0) is 46.7. The van der Waals surface area contributed by atoms with E-state index in [9.17, 15) is 0 Å². The van der Waals surface area contributed by atoms with E-state index in [1.165, 1.54) is 0 Å². The largest absolute Gasteiger partial charge is 0.493 e. The molecule has 2 N–H and O–H groups in total. The maximum absolute atomic E-state index is 6.56. The average molecular weight is 903 g/mol. The molecule has 2 aliphatic heterocycles. The Morgan fingerprint density at radius 2 is 0.559 bits per heavy atom. The number of nitrogens with one attached hydrogen (secondary N) is 2. The Morgan fingerprint density at radius 3 is 0.794 bits per heavy atom. The predicted molar refractivity (Wildman–Crippen MR) is 282 cm³/mol. The van der Waals surface area contributed by atoms with Crippen LogP contribution in [0.5, 0.6) is 23.0 Å². The van der Waals surface area contributed by atoms with Gasteiger partial charge in [-0.15, -0.1) is 0 Å². The minimum atomic E-state index is 0.616. The Labute approximate surface area is 400 Å². The lowest BCUT2D eigenvalue weighted by Crippen LogP contribution is -1.99. The average Bonchev–Trinajstić information content (AvgIpc) is 4.22. The van der Waals surface area contributed by atoms with Crippen molar-refractivity contribution in [2.75, 3.05) is 26.4 Å². The van der Waals surface area contributed by atoms with Gasteiger partial charge >= 0.3 is 0 Å². The summed E-state index contributed by atoms with van der Waals surface area (Å²) in [5.74, 6) is 3.23. The molecule has 9 rings (SSSR count). The van der Waals surface area contributed by atoms with Crippen molar-refractivity contribution < 1.29 is 18.9 Å². The molecule has 0 unspecified atom stereocenters. The number of rotatable bonds is 20. The van der Waals surface area contributed by atoms with Gasteiger partial charge < -0.3 is 28.9 Å². The maximum Gasteiger partial charge on any atom is 0.127 e. The number of H-pyrrole nitrogens is 2. The Morgan fingerprint density at radius 1 is 0.324 bits per heavy atom. The van der Waals surface area contributed by atoms with Crippen molar-refractivity contribution in [2.24, 2.45) is 0 Å². The van der Waals surface area contributed by atoms with Crippen molar-refractivity contribution in [3.8, 4) is 67.5 Å². The van der Waals surface area contributed by atoms with Crippen LogP contribution in [-0.2, 0) is 0 Å². The van der Waals surface area contributed by atoms with Gasteiger partial charge in [0.05, 0.1) is 49.2 Å². The zero-order valence-electron chi connectivity index (χ0n) is 39.9. The summed E-state index contributed by atoms with van der Waals surface area (Å²) < 4.78 is 26.2. The highest BCUT2D eigenvalue weighted by molar-refractivity contribution is 6.01. The van der Waals surface area contributed by atoms with E-state index in [1.807, 2.05) is 24.3 Å². The van der Waals surface area contributed by atoms with Gasteiger partial charge in [-0.25, -0.2) is 9.97 Å². The molecule has 68 heavy (non-hydrogen) atoms. The lowest BCUT2D eigenvalue weighted by molar-refractivity contribution is 0.310. The fraction of sp³-hybridized carbons (Fsp3) is 0.267. The molecule has 8 nitrogen and oxygen atoms in total. The number of hydrogen-bond donors (Lipinski definition) is 2. The molecule has 3 aromatic heterocycles. The number of para-hydroxylation sites is 4. The first-order chi connectivity index (χ1) is 33.6. The van der Waals surface area contributed by atoms with Crippen LogP contribution in [0.15, 0.2) is 121 Å². The fourth-order valence-electron chi connectivity index (χ4n) is 8.84. The quantitative estimate of drug-likeness (QED) is 0.0740. The Balaban J connectivity index is 1.43. The van der Waals surface area contributed by atoms with Crippen molar-refractivity contribution in [3.05, 3.63) is 144 Å². The van der Waals surface area contributed by atoms with E-state index in [4.69, 9.17) is 28.9 Å². The highest BCUT2D eigenvalue weighted by Gasteiger charge is 2.23. The number of ether oxygens (including phenoxy) is 4. The highest BCUT2D eigenvalue weighted by Crippen LogP contribution is 2.44. The molecule has 8 bridgehead atoms. The van der Waals surface area contributed by atoms with Crippen molar-refractivity contribution in [1.29, 1.82) is 0 Å². The monoisotopic (exact) mass is 902 g/mol. The molecule has 0 atom stereocenters. The van der Waals surface area contributed by atoms with Crippen molar-refractivity contribution in [1.82, 2.24) is 19.9 Å². The number of unbranched alkanes of at least 4 members (excludes halogenated alkanes) is 4. The molecule has 0 spiro atoms. The SMILES string of the molecule is CCCCOc1ccccc1-c1c2nc(c(-c3ccccc3OCCCC)c3ccc([nH]3)c(-c3ccccc3OCCCC)c3nc(c(-c4ccccc4OCCCC)c4ccc1[nH]4)C=C3)C=C2. The van der Waals surface area contributed by atoms with E-state index in [0.717, 1.165) is 164 Å². The Kier molecular flexibility index (Phi) is 14.8. The summed E-state index contributed by atoms with van der Waals surface area (Å²) >= 11 is 0. The van der Waals surface area contributed by atoms with E-state index in [1.54, 1.807) is 0 Å². The second-order valence-electron chi connectivity index (χ2n) is 17.3. The molecular formula is C60H62N4O4. The third-order valence-corrected chi connectivity index (χ3v) is 12.4. The van der Waals surface area contributed by atoms with Gasteiger partial charge in [0.15, 0.2) is 0 Å². The van der Waals surface area contributed by atoms with Crippen LogP contribution in [0.2, 0.25) is 0 Å². The van der Waals surface area contributed by atoms with Crippen molar-refractivity contribution >= 4 is 46.4 Å². The Bertz CT molecular complexity index is 2700. The second-order valence-corrected chi connectivity index (χ2v) is 17.3. The van der Waals surface area contributed by atoms with Crippen LogP contribution in [-0.4, -0.2) is 46.4 Å². The predicted octanol–water partition coefficient (Wildman–Crippen LogP) is 16.0. The number of aromatic amines is 2. The van der Waals surface area contributed by atoms with E-state index in [-0.39, 0.29) is 0 Å². The molecule has 8 heteroatoms. The minimum absolute atomic E-state index is 0.616. The normalized spacial score (nSPS) is 11.8. The number of hydrogen-bond acceptors (Lipinski definition) is 6. The third-order valence-electron chi connectivity index (χ3n) is 12.4. The van der Waals surface area contributed by atoms with E-state index < -0.39 is 0 Å². The molecule has 0 saturated carbocycles. The maximum atomic E-state index is 6.56. The van der Waals surface area contributed by atoms with E-state index in [2.05, 4.69) is 159 Å². The first-order valence-corrected chi connectivity index (χ1v) is 24.6. The number of nitrogens with zero attached hydrogens (tertiary/aromatic N) is 2. The van der Waals surface area contributed by atoms with Gasteiger partial charge in [-0.05, 0) is 98.5 Å². The lowest BCUT2D eigenvalue weighted by atomic mass is 10.0. The molecule has 0 saturated heterocycles. The fourth-order valence-corrected chi connectivity index (χ4v) is 8.84. The first kappa shape index (κ1) is 45.8. The molecule has 2 aliphatic rings. The molecule has 0 fully saturated rings. The molecule has 0 radical (unpaired) electrons. The van der Waals surface area contributed by atoms with Gasteiger partial charge in [-0.2, -0.15) is 0 Å². The lowest BCUT2D eigenvalue weighted by Gasteiger charge is -2.14. The van der Waals surface area contributed by atoms with Gasteiger partial charge in [0.2, 0.25) is 0 Å². The zero-order valence-corrected chi connectivity index (χ0v) is 39.9. The van der Waals surface area contributed by atoms with Crippen LogP contribution in [0.1, 0.15) is 102 Å². The smallest absolute Gasteiger partial charge is 0.127 e.